The van der Waals surface area contributed by atoms with E-state index in [2.05, 4.69) is 19.2 Å². The number of benzene rings is 1. The summed E-state index contributed by atoms with van der Waals surface area (Å²) in [5.74, 6) is -0.608. The topological polar surface area (TPSA) is 84.9 Å². The molecule has 6 heteroatoms. The maximum Gasteiger partial charge on any atom is 0.336 e. The molecular weight excluding hydrogens is 382 g/mol. The van der Waals surface area contributed by atoms with E-state index in [9.17, 15) is 14.7 Å². The average molecular weight is 414 g/mol. The smallest absolute Gasteiger partial charge is 0.336 e. The van der Waals surface area contributed by atoms with Crippen molar-refractivity contribution < 1.29 is 24.2 Å². The molecule has 0 spiro atoms. The number of aromatic hydroxyl groups is 1. The molecule has 1 aromatic carbocycles. The van der Waals surface area contributed by atoms with Crippen LogP contribution in [-0.2, 0) is 14.3 Å². The second-order valence-corrected chi connectivity index (χ2v) is 8.73. The zero-order valence-corrected chi connectivity index (χ0v) is 18.4. The number of carbonyl (C=O) groups excluding carboxylic acids is 2. The van der Waals surface area contributed by atoms with Gasteiger partial charge in [0.15, 0.2) is 17.3 Å². The molecule has 0 saturated carbocycles. The van der Waals surface area contributed by atoms with E-state index in [0.717, 1.165) is 17.7 Å². The molecule has 0 unspecified atom stereocenters. The summed E-state index contributed by atoms with van der Waals surface area (Å²) < 4.78 is 11.0. The fraction of sp³-hybridized carbons (Fsp3) is 0.500. The number of hydrogen-bond acceptors (Lipinski definition) is 6. The monoisotopic (exact) mass is 413 g/mol. The van der Waals surface area contributed by atoms with Crippen LogP contribution in [0.3, 0.4) is 0 Å². The SMILES string of the molecule is CCCOC(=O)C1=C(C)NC2=C(C(=O)CC(C)(C)C2)[C@H]1c1ccc(O)c(OCC)c1. The second-order valence-electron chi connectivity index (χ2n) is 8.73. The van der Waals surface area contributed by atoms with E-state index >= 15 is 0 Å². The van der Waals surface area contributed by atoms with Gasteiger partial charge in [-0.15, -0.1) is 0 Å². The predicted octanol–water partition coefficient (Wildman–Crippen LogP) is 4.35. The van der Waals surface area contributed by atoms with Crippen molar-refractivity contribution in [3.63, 3.8) is 0 Å². The number of carbonyl (C=O) groups is 2. The number of esters is 1. The average Bonchev–Trinajstić information content (AvgIpc) is 2.66. The molecule has 0 radical (unpaired) electrons. The summed E-state index contributed by atoms with van der Waals surface area (Å²) in [5.41, 5.74) is 3.16. The number of allylic oxidation sites excluding steroid dienone is 3. The Morgan fingerprint density at radius 3 is 2.67 bits per heavy atom. The van der Waals surface area contributed by atoms with Crippen LogP contribution in [0.4, 0.5) is 0 Å². The Bertz CT molecular complexity index is 926. The second kappa shape index (κ2) is 8.54. The van der Waals surface area contributed by atoms with Crippen molar-refractivity contribution >= 4 is 11.8 Å². The molecule has 2 N–H and O–H groups in total. The molecule has 1 atom stereocenters. The standard InChI is InChI=1S/C24H31NO5/c1-6-10-30-23(28)20-14(3)25-16-12-24(4,5)13-18(27)22(16)21(20)15-8-9-17(26)19(11-15)29-7-2/h8-9,11,21,25-26H,6-7,10,12-13H2,1-5H3/t21-/m0/s1. The Kier molecular flexibility index (Phi) is 6.25. The lowest BCUT2D eigenvalue weighted by molar-refractivity contribution is -0.139. The Balaban J connectivity index is 2.16. The Morgan fingerprint density at radius 2 is 2.00 bits per heavy atom. The lowest BCUT2D eigenvalue weighted by atomic mass is 9.68. The first-order valence-corrected chi connectivity index (χ1v) is 10.5. The van der Waals surface area contributed by atoms with Gasteiger partial charge in [0, 0.05) is 29.3 Å². The van der Waals surface area contributed by atoms with Crippen LogP contribution in [0.15, 0.2) is 40.7 Å². The van der Waals surface area contributed by atoms with Crippen molar-refractivity contribution in [2.75, 3.05) is 13.2 Å². The molecular formula is C24H31NO5. The van der Waals surface area contributed by atoms with E-state index in [4.69, 9.17) is 9.47 Å². The van der Waals surface area contributed by atoms with Gasteiger partial charge < -0.3 is 19.9 Å². The molecule has 0 fully saturated rings. The highest BCUT2D eigenvalue weighted by atomic mass is 16.5. The van der Waals surface area contributed by atoms with Gasteiger partial charge >= 0.3 is 5.97 Å². The highest BCUT2D eigenvalue weighted by Crippen LogP contribution is 2.47. The third-order valence-electron chi connectivity index (χ3n) is 5.51. The fourth-order valence-electron chi connectivity index (χ4n) is 4.29. The molecule has 1 aromatic rings. The van der Waals surface area contributed by atoms with Gasteiger partial charge in [-0.05, 0) is 49.8 Å². The summed E-state index contributed by atoms with van der Waals surface area (Å²) in [4.78, 5) is 26.2. The predicted molar refractivity (Wildman–Crippen MR) is 114 cm³/mol. The maximum atomic E-state index is 13.2. The van der Waals surface area contributed by atoms with Crippen LogP contribution in [0.1, 0.15) is 65.4 Å². The summed E-state index contributed by atoms with van der Waals surface area (Å²) in [6, 6.07) is 5.00. The number of nitrogens with one attached hydrogen (secondary N) is 1. The first-order valence-electron chi connectivity index (χ1n) is 10.5. The van der Waals surface area contributed by atoms with Gasteiger partial charge in [0.05, 0.1) is 18.8 Å². The number of ketones is 1. The van der Waals surface area contributed by atoms with Crippen LogP contribution in [0.5, 0.6) is 11.5 Å². The van der Waals surface area contributed by atoms with Gasteiger partial charge in [-0.1, -0.05) is 26.8 Å². The molecule has 1 aliphatic carbocycles. The van der Waals surface area contributed by atoms with Gasteiger partial charge in [0.2, 0.25) is 0 Å². The van der Waals surface area contributed by atoms with Crippen LogP contribution in [0.25, 0.3) is 0 Å². The van der Waals surface area contributed by atoms with E-state index in [0.29, 0.717) is 48.6 Å². The number of hydrogen-bond donors (Lipinski definition) is 2. The molecule has 0 aromatic heterocycles. The van der Waals surface area contributed by atoms with Gasteiger partial charge in [-0.3, -0.25) is 4.79 Å². The fourth-order valence-corrected chi connectivity index (χ4v) is 4.29. The molecule has 1 heterocycles. The van der Waals surface area contributed by atoms with Gasteiger partial charge in [0.25, 0.3) is 0 Å². The minimum absolute atomic E-state index is 0.0238. The lowest BCUT2D eigenvalue weighted by Crippen LogP contribution is -2.38. The van der Waals surface area contributed by atoms with Crippen molar-refractivity contribution in [3.8, 4) is 11.5 Å². The largest absolute Gasteiger partial charge is 0.504 e. The van der Waals surface area contributed by atoms with Gasteiger partial charge in [-0.2, -0.15) is 0 Å². The van der Waals surface area contributed by atoms with E-state index in [-0.39, 0.29) is 16.9 Å². The van der Waals surface area contributed by atoms with Crippen molar-refractivity contribution in [2.45, 2.75) is 59.8 Å². The Morgan fingerprint density at radius 1 is 1.27 bits per heavy atom. The molecule has 0 bridgehead atoms. The lowest BCUT2D eigenvalue weighted by Gasteiger charge is -2.39. The number of dihydropyridines is 1. The number of phenols is 1. The normalized spacial score (nSPS) is 20.6. The van der Waals surface area contributed by atoms with Crippen molar-refractivity contribution in [3.05, 3.63) is 46.3 Å². The maximum absolute atomic E-state index is 13.2. The Hall–Kier alpha value is -2.76. The molecule has 1 aliphatic heterocycles. The van der Waals surface area contributed by atoms with Crippen LogP contribution >= 0.6 is 0 Å². The van der Waals surface area contributed by atoms with Gasteiger partial charge in [-0.25, -0.2) is 4.79 Å². The quantitative estimate of drug-likeness (QED) is 0.675. The van der Waals surface area contributed by atoms with Crippen molar-refractivity contribution in [2.24, 2.45) is 5.41 Å². The zero-order chi connectivity index (χ0) is 22.1. The number of Topliss-reactive ketones (excluding diaryl/α,β-unsaturated/α-hetero) is 1. The van der Waals surface area contributed by atoms with E-state index in [1.807, 2.05) is 20.8 Å². The number of phenolic OH excluding ortho intramolecular Hbond substituents is 1. The molecule has 6 nitrogen and oxygen atoms in total. The number of rotatable bonds is 6. The van der Waals surface area contributed by atoms with E-state index in [1.54, 1.807) is 18.2 Å². The first-order chi connectivity index (χ1) is 14.2. The third kappa shape index (κ3) is 4.23. The van der Waals surface area contributed by atoms with Gasteiger partial charge in [0.1, 0.15) is 0 Å². The van der Waals surface area contributed by atoms with Crippen molar-refractivity contribution in [1.82, 2.24) is 5.32 Å². The van der Waals surface area contributed by atoms with Crippen LogP contribution in [0.2, 0.25) is 0 Å². The summed E-state index contributed by atoms with van der Waals surface area (Å²) in [6.07, 6.45) is 1.84. The highest BCUT2D eigenvalue weighted by Gasteiger charge is 2.43. The molecule has 162 valence electrons. The summed E-state index contributed by atoms with van der Waals surface area (Å²) in [5, 5.41) is 13.5. The van der Waals surface area contributed by atoms with Crippen LogP contribution in [-0.4, -0.2) is 30.1 Å². The molecule has 2 aliphatic rings. The zero-order valence-electron chi connectivity index (χ0n) is 18.4. The Labute approximate surface area is 178 Å². The first kappa shape index (κ1) is 21.9. The van der Waals surface area contributed by atoms with Crippen molar-refractivity contribution in [1.29, 1.82) is 0 Å². The minimum atomic E-state index is -0.561. The summed E-state index contributed by atoms with van der Waals surface area (Å²) in [6.45, 7) is 10.5. The van der Waals surface area contributed by atoms with E-state index < -0.39 is 11.9 Å². The van der Waals surface area contributed by atoms with Crippen LogP contribution < -0.4 is 10.1 Å². The molecule has 3 rings (SSSR count). The summed E-state index contributed by atoms with van der Waals surface area (Å²) in [7, 11) is 0. The van der Waals surface area contributed by atoms with E-state index in [1.165, 1.54) is 0 Å². The third-order valence-corrected chi connectivity index (χ3v) is 5.51. The molecule has 0 saturated heterocycles. The summed E-state index contributed by atoms with van der Waals surface area (Å²) >= 11 is 0. The molecule has 30 heavy (non-hydrogen) atoms. The van der Waals surface area contributed by atoms with Crippen LogP contribution in [0, 0.1) is 5.41 Å². The molecule has 0 amide bonds. The highest BCUT2D eigenvalue weighted by molar-refractivity contribution is 6.04. The number of ether oxygens (including phenoxy) is 2. The minimum Gasteiger partial charge on any atom is -0.504 e.